The number of pyridine rings is 1. The Bertz CT molecular complexity index is 531. The van der Waals surface area contributed by atoms with Gasteiger partial charge in [-0.3, -0.25) is 4.79 Å². The molecule has 2 rings (SSSR count). The summed E-state index contributed by atoms with van der Waals surface area (Å²) in [5.74, 6) is 0.244. The van der Waals surface area contributed by atoms with Crippen molar-refractivity contribution in [1.29, 1.82) is 0 Å². The SMILES string of the molecule is Cc1sc(C(=O)Nc2ccc(Cl)cn2)cc1N. The van der Waals surface area contributed by atoms with Gasteiger partial charge in [0.05, 0.1) is 9.90 Å². The van der Waals surface area contributed by atoms with E-state index in [0.29, 0.717) is 21.4 Å². The number of carbonyl (C=O) groups is 1. The van der Waals surface area contributed by atoms with E-state index in [0.717, 1.165) is 4.88 Å². The largest absolute Gasteiger partial charge is 0.398 e. The molecular formula is C11H10ClN3OS. The Hall–Kier alpha value is -1.59. The summed E-state index contributed by atoms with van der Waals surface area (Å²) >= 11 is 7.05. The molecule has 0 fully saturated rings. The Morgan fingerprint density at radius 1 is 1.53 bits per heavy atom. The number of nitrogens with two attached hydrogens (primary N) is 1. The van der Waals surface area contributed by atoms with Crippen molar-refractivity contribution in [3.8, 4) is 0 Å². The van der Waals surface area contributed by atoms with E-state index in [1.165, 1.54) is 17.5 Å². The van der Waals surface area contributed by atoms with Gasteiger partial charge >= 0.3 is 0 Å². The lowest BCUT2D eigenvalue weighted by molar-refractivity contribution is 0.103. The molecule has 0 aliphatic heterocycles. The Labute approximate surface area is 107 Å². The normalized spacial score (nSPS) is 10.2. The number of aryl methyl sites for hydroxylation is 1. The third kappa shape index (κ3) is 2.75. The van der Waals surface area contributed by atoms with Crippen LogP contribution in [0.25, 0.3) is 0 Å². The van der Waals surface area contributed by atoms with E-state index in [1.54, 1.807) is 18.2 Å². The number of aromatic nitrogens is 1. The van der Waals surface area contributed by atoms with E-state index in [1.807, 2.05) is 6.92 Å². The maximum atomic E-state index is 11.8. The molecule has 1 amide bonds. The van der Waals surface area contributed by atoms with Gasteiger partial charge in [0, 0.05) is 16.8 Å². The molecule has 0 radical (unpaired) electrons. The number of anilines is 2. The second-order valence-electron chi connectivity index (χ2n) is 3.44. The number of hydrogen-bond donors (Lipinski definition) is 2. The van der Waals surface area contributed by atoms with Gasteiger partial charge in [-0.25, -0.2) is 4.98 Å². The van der Waals surface area contributed by atoms with Gasteiger partial charge in [0.25, 0.3) is 5.91 Å². The lowest BCUT2D eigenvalue weighted by Gasteiger charge is -2.01. The average molecular weight is 268 g/mol. The van der Waals surface area contributed by atoms with Gasteiger partial charge in [-0.05, 0) is 25.1 Å². The van der Waals surface area contributed by atoms with Crippen molar-refractivity contribution >= 4 is 40.4 Å². The molecule has 6 heteroatoms. The molecule has 17 heavy (non-hydrogen) atoms. The number of halogens is 1. The minimum atomic E-state index is -0.218. The van der Waals surface area contributed by atoms with Gasteiger partial charge in [0.2, 0.25) is 0 Å². The highest BCUT2D eigenvalue weighted by atomic mass is 35.5. The molecular weight excluding hydrogens is 258 g/mol. The fraction of sp³-hybridized carbons (Fsp3) is 0.0909. The molecule has 0 saturated carbocycles. The predicted octanol–water partition coefficient (Wildman–Crippen LogP) is 2.94. The van der Waals surface area contributed by atoms with Crippen LogP contribution in [0.4, 0.5) is 11.5 Å². The number of thiophene rings is 1. The minimum absolute atomic E-state index is 0.218. The highest BCUT2D eigenvalue weighted by Crippen LogP contribution is 2.24. The van der Waals surface area contributed by atoms with Gasteiger partial charge in [-0.15, -0.1) is 11.3 Å². The quantitative estimate of drug-likeness (QED) is 0.879. The van der Waals surface area contributed by atoms with Crippen LogP contribution < -0.4 is 11.1 Å². The summed E-state index contributed by atoms with van der Waals surface area (Å²) in [5, 5.41) is 3.20. The number of amides is 1. The van der Waals surface area contributed by atoms with Gasteiger partial charge in [-0.1, -0.05) is 11.6 Å². The first-order valence-corrected chi connectivity index (χ1v) is 6.04. The highest BCUT2D eigenvalue weighted by molar-refractivity contribution is 7.14. The maximum absolute atomic E-state index is 11.8. The van der Waals surface area contributed by atoms with E-state index in [2.05, 4.69) is 10.3 Å². The summed E-state index contributed by atoms with van der Waals surface area (Å²) in [6, 6.07) is 4.97. The van der Waals surface area contributed by atoms with E-state index in [-0.39, 0.29) is 5.91 Å². The fourth-order valence-electron chi connectivity index (χ4n) is 1.24. The summed E-state index contributed by atoms with van der Waals surface area (Å²) in [4.78, 5) is 17.3. The van der Waals surface area contributed by atoms with Crippen LogP contribution in [-0.2, 0) is 0 Å². The van der Waals surface area contributed by atoms with E-state index >= 15 is 0 Å². The molecule has 3 N–H and O–H groups in total. The molecule has 0 aliphatic carbocycles. The smallest absolute Gasteiger partial charge is 0.266 e. The van der Waals surface area contributed by atoms with Crippen LogP contribution in [-0.4, -0.2) is 10.9 Å². The summed E-state index contributed by atoms with van der Waals surface area (Å²) in [6.07, 6.45) is 1.48. The topological polar surface area (TPSA) is 68.0 Å². The van der Waals surface area contributed by atoms with Crippen LogP contribution in [0.15, 0.2) is 24.4 Å². The number of carbonyl (C=O) groups excluding carboxylic acids is 1. The second-order valence-corrected chi connectivity index (χ2v) is 5.13. The molecule has 0 unspecified atom stereocenters. The third-order valence-corrected chi connectivity index (χ3v) is 3.44. The molecule has 0 saturated heterocycles. The van der Waals surface area contributed by atoms with E-state index in [4.69, 9.17) is 17.3 Å². The lowest BCUT2D eigenvalue weighted by Crippen LogP contribution is -2.11. The maximum Gasteiger partial charge on any atom is 0.266 e. The molecule has 2 aromatic heterocycles. The zero-order valence-corrected chi connectivity index (χ0v) is 10.6. The lowest BCUT2D eigenvalue weighted by atomic mass is 10.3. The van der Waals surface area contributed by atoms with Crippen LogP contribution in [0, 0.1) is 6.92 Å². The van der Waals surface area contributed by atoms with Crippen LogP contribution >= 0.6 is 22.9 Å². The summed E-state index contributed by atoms with van der Waals surface area (Å²) in [7, 11) is 0. The molecule has 0 bridgehead atoms. The van der Waals surface area contributed by atoms with Crippen molar-refractivity contribution in [3.63, 3.8) is 0 Å². The van der Waals surface area contributed by atoms with Crippen molar-refractivity contribution in [1.82, 2.24) is 4.98 Å². The zero-order valence-electron chi connectivity index (χ0n) is 9.03. The number of rotatable bonds is 2. The Kier molecular flexibility index (Phi) is 3.31. The van der Waals surface area contributed by atoms with Crippen molar-refractivity contribution < 1.29 is 4.79 Å². The minimum Gasteiger partial charge on any atom is -0.398 e. The van der Waals surface area contributed by atoms with Crippen LogP contribution in [0.3, 0.4) is 0 Å². The monoisotopic (exact) mass is 267 g/mol. The van der Waals surface area contributed by atoms with Crippen molar-refractivity contribution in [3.05, 3.63) is 39.2 Å². The van der Waals surface area contributed by atoms with Crippen molar-refractivity contribution in [2.75, 3.05) is 11.1 Å². The van der Waals surface area contributed by atoms with Gasteiger partial charge in [-0.2, -0.15) is 0 Å². The average Bonchev–Trinajstić information content (AvgIpc) is 2.63. The number of hydrogen-bond acceptors (Lipinski definition) is 4. The molecule has 2 aromatic rings. The van der Waals surface area contributed by atoms with Gasteiger partial charge in [0.1, 0.15) is 5.82 Å². The summed E-state index contributed by atoms with van der Waals surface area (Å²) in [5.41, 5.74) is 6.32. The Balaban J connectivity index is 2.14. The van der Waals surface area contributed by atoms with Gasteiger partial charge in [0.15, 0.2) is 0 Å². The fourth-order valence-corrected chi connectivity index (χ4v) is 2.18. The molecule has 0 aromatic carbocycles. The molecule has 88 valence electrons. The van der Waals surface area contributed by atoms with E-state index < -0.39 is 0 Å². The Morgan fingerprint density at radius 3 is 2.82 bits per heavy atom. The first kappa shape index (κ1) is 11.9. The second kappa shape index (κ2) is 4.73. The van der Waals surface area contributed by atoms with Gasteiger partial charge < -0.3 is 11.1 Å². The van der Waals surface area contributed by atoms with Crippen LogP contribution in [0.1, 0.15) is 14.5 Å². The predicted molar refractivity (Wildman–Crippen MR) is 70.7 cm³/mol. The van der Waals surface area contributed by atoms with Crippen LogP contribution in [0.5, 0.6) is 0 Å². The van der Waals surface area contributed by atoms with E-state index in [9.17, 15) is 4.79 Å². The zero-order chi connectivity index (χ0) is 12.4. The third-order valence-electron chi connectivity index (χ3n) is 2.15. The number of nitrogens with one attached hydrogen (secondary N) is 1. The molecule has 0 aliphatic rings. The molecule has 0 atom stereocenters. The Morgan fingerprint density at radius 2 is 2.29 bits per heavy atom. The molecule has 4 nitrogen and oxygen atoms in total. The first-order valence-electron chi connectivity index (χ1n) is 4.85. The number of nitrogen functional groups attached to an aromatic ring is 1. The molecule has 2 heterocycles. The summed E-state index contributed by atoms with van der Waals surface area (Å²) < 4.78 is 0. The summed E-state index contributed by atoms with van der Waals surface area (Å²) in [6.45, 7) is 1.87. The van der Waals surface area contributed by atoms with Crippen molar-refractivity contribution in [2.45, 2.75) is 6.92 Å². The van der Waals surface area contributed by atoms with Crippen molar-refractivity contribution in [2.24, 2.45) is 0 Å². The highest BCUT2D eigenvalue weighted by Gasteiger charge is 2.11. The van der Waals surface area contributed by atoms with Crippen LogP contribution in [0.2, 0.25) is 5.02 Å². The first-order chi connectivity index (χ1) is 8.06. The molecule has 0 spiro atoms. The number of nitrogens with zero attached hydrogens (tertiary/aromatic N) is 1. The standard InChI is InChI=1S/C11H10ClN3OS/c1-6-8(13)4-9(17-6)11(16)15-10-3-2-7(12)5-14-10/h2-5H,13H2,1H3,(H,14,15,16).